The molecule has 2 heterocycles. The predicted octanol–water partition coefficient (Wildman–Crippen LogP) is 1.79. The van der Waals surface area contributed by atoms with Gasteiger partial charge in [-0.3, -0.25) is 9.25 Å². The number of nitrogens with two attached hydrogens (primary N) is 1. The van der Waals surface area contributed by atoms with Crippen molar-refractivity contribution in [1.29, 1.82) is 0 Å². The number of anilines is 1. The molecule has 0 unspecified atom stereocenters. The molecule has 0 aliphatic carbocycles. The molecule has 2 aromatic heterocycles. The van der Waals surface area contributed by atoms with Gasteiger partial charge < -0.3 is 5.73 Å². The number of aryl methyl sites for hydroxylation is 2. The van der Waals surface area contributed by atoms with E-state index in [1.807, 2.05) is 13.2 Å². The Morgan fingerprint density at radius 3 is 2.78 bits per heavy atom. The molecule has 0 saturated carbocycles. The first-order valence-corrected chi connectivity index (χ1v) is 5.49. The van der Waals surface area contributed by atoms with Crippen molar-refractivity contribution >= 4 is 17.0 Å². The highest BCUT2D eigenvalue weighted by molar-refractivity contribution is 5.81. The van der Waals surface area contributed by atoms with Gasteiger partial charge in [-0.05, 0) is 18.6 Å². The van der Waals surface area contributed by atoms with Crippen LogP contribution in [0.15, 0.2) is 24.5 Å². The average Bonchev–Trinajstić information content (AvgIpc) is 2.83. The largest absolute Gasteiger partial charge is 0.369 e. The van der Waals surface area contributed by atoms with Gasteiger partial charge in [0, 0.05) is 19.3 Å². The highest BCUT2D eigenvalue weighted by atomic mass is 19.1. The molecule has 1 aromatic carbocycles. The summed E-state index contributed by atoms with van der Waals surface area (Å²) >= 11 is 0. The van der Waals surface area contributed by atoms with Crippen molar-refractivity contribution < 1.29 is 4.39 Å². The van der Waals surface area contributed by atoms with Crippen LogP contribution in [0.1, 0.15) is 5.56 Å². The highest BCUT2D eigenvalue weighted by Gasteiger charge is 2.13. The summed E-state index contributed by atoms with van der Waals surface area (Å²) in [5.74, 6) is 0.0429. The Hall–Kier alpha value is -2.37. The van der Waals surface area contributed by atoms with Gasteiger partial charge in [-0.1, -0.05) is 0 Å². The lowest BCUT2D eigenvalue weighted by Gasteiger charge is -2.03. The summed E-state index contributed by atoms with van der Waals surface area (Å²) in [4.78, 5) is 4.16. The molecule has 0 aliphatic heterocycles. The molecule has 18 heavy (non-hydrogen) atoms. The summed E-state index contributed by atoms with van der Waals surface area (Å²) in [5, 5.41) is 4.10. The SMILES string of the molecule is Cc1cc2c(cc1F)nc(N)n2-c1cnn(C)c1. The number of halogens is 1. The lowest BCUT2D eigenvalue weighted by molar-refractivity contribution is 0.620. The minimum absolute atomic E-state index is 0.279. The second kappa shape index (κ2) is 3.56. The topological polar surface area (TPSA) is 61.7 Å². The number of aromatic nitrogens is 4. The number of nitrogens with zero attached hydrogens (tertiary/aromatic N) is 4. The highest BCUT2D eigenvalue weighted by Crippen LogP contribution is 2.24. The Morgan fingerprint density at radius 1 is 1.33 bits per heavy atom. The molecule has 0 amide bonds. The van der Waals surface area contributed by atoms with Gasteiger partial charge in [-0.2, -0.15) is 5.10 Å². The van der Waals surface area contributed by atoms with E-state index in [2.05, 4.69) is 10.1 Å². The molecule has 92 valence electrons. The van der Waals surface area contributed by atoms with Crippen molar-refractivity contribution in [2.45, 2.75) is 6.92 Å². The van der Waals surface area contributed by atoms with Crippen molar-refractivity contribution in [3.8, 4) is 5.69 Å². The molecule has 3 aromatic rings. The van der Waals surface area contributed by atoms with Gasteiger partial charge >= 0.3 is 0 Å². The predicted molar refractivity (Wildman–Crippen MR) is 66.9 cm³/mol. The molecular formula is C12H12FN5. The number of fused-ring (bicyclic) bond motifs is 1. The normalized spacial score (nSPS) is 11.3. The van der Waals surface area contributed by atoms with Gasteiger partial charge in [0.2, 0.25) is 5.95 Å². The maximum Gasteiger partial charge on any atom is 0.206 e. The van der Waals surface area contributed by atoms with Crippen LogP contribution >= 0.6 is 0 Å². The molecule has 3 rings (SSSR count). The molecule has 5 nitrogen and oxygen atoms in total. The maximum atomic E-state index is 13.5. The zero-order valence-corrected chi connectivity index (χ0v) is 10.1. The van der Waals surface area contributed by atoms with Crippen LogP contribution in [0.2, 0.25) is 0 Å². The van der Waals surface area contributed by atoms with Crippen molar-refractivity contribution in [1.82, 2.24) is 19.3 Å². The van der Waals surface area contributed by atoms with Gasteiger partial charge in [0.25, 0.3) is 0 Å². The van der Waals surface area contributed by atoms with E-state index in [4.69, 9.17) is 5.73 Å². The molecular weight excluding hydrogens is 233 g/mol. The van der Waals surface area contributed by atoms with E-state index in [9.17, 15) is 4.39 Å². The lowest BCUT2D eigenvalue weighted by atomic mass is 10.2. The second-order valence-corrected chi connectivity index (χ2v) is 4.27. The van der Waals surface area contributed by atoms with Crippen LogP contribution in [0, 0.1) is 12.7 Å². The fraction of sp³-hybridized carbons (Fsp3) is 0.167. The monoisotopic (exact) mass is 245 g/mol. The molecule has 0 aliphatic rings. The van der Waals surface area contributed by atoms with E-state index in [-0.39, 0.29) is 5.82 Å². The van der Waals surface area contributed by atoms with Gasteiger partial charge in [0.1, 0.15) is 5.82 Å². The summed E-state index contributed by atoms with van der Waals surface area (Å²) in [6.45, 7) is 1.71. The number of hydrogen-bond donors (Lipinski definition) is 1. The summed E-state index contributed by atoms with van der Waals surface area (Å²) in [6, 6.07) is 3.13. The minimum atomic E-state index is -0.279. The smallest absolute Gasteiger partial charge is 0.206 e. The molecule has 0 spiro atoms. The third-order valence-electron chi connectivity index (χ3n) is 2.91. The Morgan fingerprint density at radius 2 is 2.11 bits per heavy atom. The number of benzene rings is 1. The standard InChI is InChI=1S/C12H12FN5/c1-7-3-11-10(4-9(7)13)16-12(14)18(11)8-5-15-17(2)6-8/h3-6H,1-2H3,(H2,14,16). The molecule has 0 radical (unpaired) electrons. The maximum absolute atomic E-state index is 13.5. The number of imidazole rings is 1. The van der Waals surface area contributed by atoms with Crippen LogP contribution in [0.3, 0.4) is 0 Å². The van der Waals surface area contributed by atoms with Crippen LogP contribution in [-0.2, 0) is 7.05 Å². The van der Waals surface area contributed by atoms with E-state index in [1.165, 1.54) is 6.07 Å². The molecule has 0 saturated heterocycles. The summed E-state index contributed by atoms with van der Waals surface area (Å²) < 4.78 is 16.9. The van der Waals surface area contributed by atoms with Crippen molar-refractivity contribution in [2.75, 3.05) is 5.73 Å². The average molecular weight is 245 g/mol. The first kappa shape index (κ1) is 10.8. The summed E-state index contributed by atoms with van der Waals surface area (Å²) in [7, 11) is 1.82. The van der Waals surface area contributed by atoms with Crippen molar-refractivity contribution in [3.05, 3.63) is 35.9 Å². The van der Waals surface area contributed by atoms with Gasteiger partial charge in [-0.25, -0.2) is 9.37 Å². The van der Waals surface area contributed by atoms with Crippen LogP contribution in [0.4, 0.5) is 10.3 Å². The van der Waals surface area contributed by atoms with Gasteiger partial charge in [0.15, 0.2) is 0 Å². The quantitative estimate of drug-likeness (QED) is 0.711. The van der Waals surface area contributed by atoms with Crippen LogP contribution in [-0.4, -0.2) is 19.3 Å². The fourth-order valence-electron chi connectivity index (χ4n) is 2.02. The lowest BCUT2D eigenvalue weighted by Crippen LogP contribution is -1.99. The van der Waals surface area contributed by atoms with Crippen molar-refractivity contribution in [3.63, 3.8) is 0 Å². The van der Waals surface area contributed by atoms with E-state index in [0.717, 1.165) is 11.2 Å². The van der Waals surface area contributed by atoms with Crippen LogP contribution in [0.5, 0.6) is 0 Å². The fourth-order valence-corrected chi connectivity index (χ4v) is 2.02. The Kier molecular flexibility index (Phi) is 2.13. The van der Waals surface area contributed by atoms with E-state index in [1.54, 1.807) is 28.4 Å². The zero-order valence-electron chi connectivity index (χ0n) is 10.1. The molecule has 2 N–H and O–H groups in total. The van der Waals surface area contributed by atoms with Gasteiger partial charge in [-0.15, -0.1) is 0 Å². The molecule has 6 heteroatoms. The Bertz CT molecular complexity index is 740. The molecule has 0 fully saturated rings. The minimum Gasteiger partial charge on any atom is -0.369 e. The first-order chi connectivity index (χ1) is 8.56. The van der Waals surface area contributed by atoms with E-state index >= 15 is 0 Å². The number of nitrogen functional groups attached to an aromatic ring is 1. The summed E-state index contributed by atoms with van der Waals surface area (Å²) in [5.41, 5.74) is 8.58. The van der Waals surface area contributed by atoms with E-state index in [0.29, 0.717) is 17.0 Å². The second-order valence-electron chi connectivity index (χ2n) is 4.27. The van der Waals surface area contributed by atoms with Gasteiger partial charge in [0.05, 0.1) is 22.9 Å². The first-order valence-electron chi connectivity index (χ1n) is 5.49. The Balaban J connectivity index is 2.35. The van der Waals surface area contributed by atoms with Crippen LogP contribution < -0.4 is 5.73 Å². The summed E-state index contributed by atoms with van der Waals surface area (Å²) in [6.07, 6.45) is 3.52. The molecule has 0 bridgehead atoms. The number of rotatable bonds is 1. The third-order valence-corrected chi connectivity index (χ3v) is 2.91. The third kappa shape index (κ3) is 1.46. The molecule has 0 atom stereocenters. The number of hydrogen-bond acceptors (Lipinski definition) is 3. The zero-order chi connectivity index (χ0) is 12.9. The Labute approximate surface area is 103 Å². The van der Waals surface area contributed by atoms with E-state index < -0.39 is 0 Å². The van der Waals surface area contributed by atoms with Crippen molar-refractivity contribution in [2.24, 2.45) is 7.05 Å². The van der Waals surface area contributed by atoms with Crippen LogP contribution in [0.25, 0.3) is 16.7 Å².